The van der Waals surface area contributed by atoms with Gasteiger partial charge in [-0.3, -0.25) is 9.59 Å². The Balaban J connectivity index is 1.45. The molecule has 0 radical (unpaired) electrons. The largest absolute Gasteiger partial charge is 0.454 e. The Morgan fingerprint density at radius 1 is 0.914 bits per heavy atom. The van der Waals surface area contributed by atoms with Gasteiger partial charge in [0.25, 0.3) is 5.91 Å². The molecule has 0 aromatic heterocycles. The van der Waals surface area contributed by atoms with Gasteiger partial charge in [-0.05, 0) is 70.3 Å². The van der Waals surface area contributed by atoms with Crippen LogP contribution in [0.1, 0.15) is 60.7 Å². The number of amides is 1. The summed E-state index contributed by atoms with van der Waals surface area (Å²) in [6.45, 7) is 6.80. The van der Waals surface area contributed by atoms with E-state index in [2.05, 4.69) is 44.3 Å². The normalized spacial score (nSPS) is 15.5. The molecule has 5 nitrogen and oxygen atoms in total. The van der Waals surface area contributed by atoms with Gasteiger partial charge >= 0.3 is 0 Å². The standard InChI is InChI=1S/C30H31NO4/c1-29(2,3)24-11-5-19(15-23(24)20-6-8-21(9-7-20)28(33)31-4)16-27(32)30(13-14-30)22-10-12-25-26(17-22)35-18-34-25/h5-12,15,17H,13-14,16,18H2,1-4H3,(H,31,33). The smallest absolute Gasteiger partial charge is 0.251 e. The van der Waals surface area contributed by atoms with E-state index in [0.717, 1.165) is 46.6 Å². The van der Waals surface area contributed by atoms with Gasteiger partial charge in [-0.1, -0.05) is 57.2 Å². The van der Waals surface area contributed by atoms with Gasteiger partial charge in [0.15, 0.2) is 11.5 Å². The molecule has 0 atom stereocenters. The van der Waals surface area contributed by atoms with E-state index in [1.165, 1.54) is 5.56 Å². The molecule has 0 unspecified atom stereocenters. The molecule has 1 N–H and O–H groups in total. The van der Waals surface area contributed by atoms with Crippen LogP contribution in [-0.4, -0.2) is 25.5 Å². The molecule has 0 saturated heterocycles. The molecule has 0 spiro atoms. The molecule has 1 fully saturated rings. The SMILES string of the molecule is CNC(=O)c1ccc(-c2cc(CC(=O)C3(c4ccc5c(c4)OCO5)CC3)ccc2C(C)(C)C)cc1. The van der Waals surface area contributed by atoms with Crippen molar-refractivity contribution in [2.75, 3.05) is 13.8 Å². The Labute approximate surface area is 206 Å². The predicted octanol–water partition coefficient (Wildman–Crippen LogP) is 5.58. The van der Waals surface area contributed by atoms with Crippen molar-refractivity contribution in [3.05, 3.63) is 82.9 Å². The quantitative estimate of drug-likeness (QED) is 0.512. The van der Waals surface area contributed by atoms with Crippen LogP contribution in [0, 0.1) is 0 Å². The molecule has 2 aliphatic rings. The van der Waals surface area contributed by atoms with E-state index in [9.17, 15) is 9.59 Å². The maximum absolute atomic E-state index is 13.6. The van der Waals surface area contributed by atoms with Gasteiger partial charge in [0.05, 0.1) is 5.41 Å². The molecular weight excluding hydrogens is 438 g/mol. The number of fused-ring (bicyclic) bond motifs is 1. The molecule has 3 aromatic carbocycles. The van der Waals surface area contributed by atoms with Crippen molar-refractivity contribution >= 4 is 11.7 Å². The number of hydrogen-bond acceptors (Lipinski definition) is 4. The zero-order valence-corrected chi connectivity index (χ0v) is 20.7. The summed E-state index contributed by atoms with van der Waals surface area (Å²) in [5.74, 6) is 1.59. The molecule has 180 valence electrons. The summed E-state index contributed by atoms with van der Waals surface area (Å²) in [6.07, 6.45) is 2.10. The third-order valence-electron chi connectivity index (χ3n) is 7.15. The second-order valence-electron chi connectivity index (χ2n) is 10.5. The number of carbonyl (C=O) groups is 2. The fourth-order valence-electron chi connectivity index (χ4n) is 4.94. The van der Waals surface area contributed by atoms with Gasteiger partial charge in [-0.2, -0.15) is 0 Å². The van der Waals surface area contributed by atoms with E-state index in [1.807, 2.05) is 42.5 Å². The van der Waals surface area contributed by atoms with E-state index in [-0.39, 0.29) is 23.9 Å². The second-order valence-corrected chi connectivity index (χ2v) is 10.5. The summed E-state index contributed by atoms with van der Waals surface area (Å²) in [5.41, 5.74) is 5.48. The first-order chi connectivity index (χ1) is 16.7. The molecule has 1 aliphatic carbocycles. The molecule has 3 aromatic rings. The molecular formula is C30H31NO4. The highest BCUT2D eigenvalue weighted by Gasteiger charge is 2.50. The van der Waals surface area contributed by atoms with Crippen molar-refractivity contribution in [1.29, 1.82) is 0 Å². The minimum absolute atomic E-state index is 0.0679. The second kappa shape index (κ2) is 8.56. The van der Waals surface area contributed by atoms with Crippen molar-refractivity contribution in [1.82, 2.24) is 5.32 Å². The van der Waals surface area contributed by atoms with E-state index in [0.29, 0.717) is 12.0 Å². The first-order valence-electron chi connectivity index (χ1n) is 12.1. The Morgan fingerprint density at radius 3 is 2.29 bits per heavy atom. The minimum atomic E-state index is -0.432. The highest BCUT2D eigenvalue weighted by atomic mass is 16.7. The average molecular weight is 470 g/mol. The highest BCUT2D eigenvalue weighted by Crippen LogP contribution is 2.51. The van der Waals surface area contributed by atoms with Crippen LogP contribution in [0.2, 0.25) is 0 Å². The van der Waals surface area contributed by atoms with Gasteiger partial charge in [-0.25, -0.2) is 0 Å². The topological polar surface area (TPSA) is 64.6 Å². The molecule has 5 rings (SSSR count). The van der Waals surface area contributed by atoms with E-state index < -0.39 is 5.41 Å². The number of benzene rings is 3. The third kappa shape index (κ3) is 4.31. The monoisotopic (exact) mass is 469 g/mol. The van der Waals surface area contributed by atoms with Crippen molar-refractivity contribution < 1.29 is 19.1 Å². The van der Waals surface area contributed by atoms with Gasteiger partial charge in [0.2, 0.25) is 6.79 Å². The fourth-order valence-corrected chi connectivity index (χ4v) is 4.94. The van der Waals surface area contributed by atoms with Gasteiger partial charge in [-0.15, -0.1) is 0 Å². The Morgan fingerprint density at radius 2 is 1.63 bits per heavy atom. The highest BCUT2D eigenvalue weighted by molar-refractivity contribution is 5.95. The summed E-state index contributed by atoms with van der Waals surface area (Å²) in [4.78, 5) is 25.5. The maximum atomic E-state index is 13.6. The van der Waals surface area contributed by atoms with Crippen LogP contribution in [0.4, 0.5) is 0 Å². The number of rotatable bonds is 6. The molecule has 5 heteroatoms. The fraction of sp³-hybridized carbons (Fsp3) is 0.333. The lowest BCUT2D eigenvalue weighted by molar-refractivity contribution is -0.120. The Hall–Kier alpha value is -3.60. The van der Waals surface area contributed by atoms with Crippen LogP contribution in [0.25, 0.3) is 11.1 Å². The van der Waals surface area contributed by atoms with Crippen molar-refractivity contribution in [3.8, 4) is 22.6 Å². The van der Waals surface area contributed by atoms with Crippen LogP contribution < -0.4 is 14.8 Å². The van der Waals surface area contributed by atoms with Crippen molar-refractivity contribution in [3.63, 3.8) is 0 Å². The number of hydrogen-bond donors (Lipinski definition) is 1. The molecule has 0 bridgehead atoms. The summed E-state index contributed by atoms with van der Waals surface area (Å²) in [7, 11) is 1.63. The number of carbonyl (C=O) groups excluding carboxylic acids is 2. The first-order valence-corrected chi connectivity index (χ1v) is 12.1. The van der Waals surface area contributed by atoms with E-state index in [4.69, 9.17) is 9.47 Å². The molecule has 1 amide bonds. The van der Waals surface area contributed by atoms with E-state index in [1.54, 1.807) is 7.05 Å². The van der Waals surface area contributed by atoms with Crippen LogP contribution in [-0.2, 0) is 22.0 Å². The summed E-state index contributed by atoms with van der Waals surface area (Å²) in [6, 6.07) is 19.9. The lowest BCUT2D eigenvalue weighted by Crippen LogP contribution is -2.22. The number of ether oxygens (including phenoxy) is 2. The third-order valence-corrected chi connectivity index (χ3v) is 7.15. The van der Waals surface area contributed by atoms with Crippen molar-refractivity contribution in [2.45, 2.75) is 50.9 Å². The van der Waals surface area contributed by atoms with E-state index >= 15 is 0 Å². The zero-order chi connectivity index (χ0) is 24.8. The van der Waals surface area contributed by atoms with Crippen molar-refractivity contribution in [2.24, 2.45) is 0 Å². The summed E-state index contributed by atoms with van der Waals surface area (Å²) < 4.78 is 11.0. The lowest BCUT2D eigenvalue weighted by atomic mass is 9.80. The Kier molecular flexibility index (Phi) is 5.66. The van der Waals surface area contributed by atoms with Crippen LogP contribution in [0.15, 0.2) is 60.7 Å². The average Bonchev–Trinajstić information content (AvgIpc) is 3.53. The number of Topliss-reactive ketones (excluding diaryl/α,β-unsaturated/α-hetero) is 1. The predicted molar refractivity (Wildman–Crippen MR) is 136 cm³/mol. The Bertz CT molecular complexity index is 1300. The summed E-state index contributed by atoms with van der Waals surface area (Å²) in [5, 5.41) is 2.66. The first kappa shape index (κ1) is 23.2. The molecule has 35 heavy (non-hydrogen) atoms. The zero-order valence-electron chi connectivity index (χ0n) is 20.7. The molecule has 1 saturated carbocycles. The number of ketones is 1. The molecule has 1 aliphatic heterocycles. The van der Waals surface area contributed by atoms with Crippen LogP contribution in [0.3, 0.4) is 0 Å². The maximum Gasteiger partial charge on any atom is 0.251 e. The van der Waals surface area contributed by atoms with Gasteiger partial charge in [0.1, 0.15) is 5.78 Å². The summed E-state index contributed by atoms with van der Waals surface area (Å²) >= 11 is 0. The van der Waals surface area contributed by atoms with Crippen LogP contribution >= 0.6 is 0 Å². The van der Waals surface area contributed by atoms with Gasteiger partial charge < -0.3 is 14.8 Å². The van der Waals surface area contributed by atoms with Crippen LogP contribution in [0.5, 0.6) is 11.5 Å². The molecule has 1 heterocycles. The number of nitrogens with one attached hydrogen (secondary N) is 1. The van der Waals surface area contributed by atoms with Gasteiger partial charge in [0, 0.05) is 19.0 Å². The minimum Gasteiger partial charge on any atom is -0.454 e. The lowest BCUT2D eigenvalue weighted by Gasteiger charge is -2.24.